The fraction of sp³-hybridized carbons (Fsp3) is 0.300. The van der Waals surface area contributed by atoms with Crippen LogP contribution in [-0.2, 0) is 9.53 Å². The molecule has 0 N–H and O–H groups in total. The first-order valence-corrected chi connectivity index (χ1v) is 4.22. The van der Waals surface area contributed by atoms with Gasteiger partial charge in [-0.05, 0) is 12.5 Å². The predicted octanol–water partition coefficient (Wildman–Crippen LogP) is 2.45. The van der Waals surface area contributed by atoms with Crippen LogP contribution < -0.4 is 0 Å². The number of carbonyl (C=O) groups excluding carboxylic acids is 1. The molecule has 1 aromatic rings. The van der Waals surface area contributed by atoms with Crippen LogP contribution >= 0.6 is 0 Å². The molecule has 0 aliphatic carbocycles. The fourth-order valence-electron chi connectivity index (χ4n) is 1.14. The molecule has 0 aromatic heterocycles. The van der Waals surface area contributed by atoms with Crippen molar-refractivity contribution in [3.63, 3.8) is 0 Å². The third kappa shape index (κ3) is 2.07. The van der Waals surface area contributed by atoms with E-state index in [2.05, 4.69) is 9.71 Å². The average molecular weight is 191 g/mol. The Bertz CT molecular complexity index is 365. The molecule has 72 valence electrons. The summed E-state index contributed by atoms with van der Waals surface area (Å²) in [6.45, 7) is 1.76. The fourth-order valence-corrected chi connectivity index (χ4v) is 1.14. The van der Waals surface area contributed by atoms with E-state index in [0.717, 1.165) is 5.56 Å². The number of diazo groups is 1. The first-order valence-electron chi connectivity index (χ1n) is 4.22. The highest BCUT2D eigenvalue weighted by Gasteiger charge is 2.16. The average Bonchev–Trinajstić information content (AvgIpc) is 2.27. The highest BCUT2D eigenvalue weighted by Crippen LogP contribution is 2.20. The van der Waals surface area contributed by atoms with Gasteiger partial charge in [-0.15, -0.1) is 0 Å². The summed E-state index contributed by atoms with van der Waals surface area (Å²) in [4.78, 5) is 14.2. The van der Waals surface area contributed by atoms with E-state index in [1.807, 2.05) is 0 Å². The van der Waals surface area contributed by atoms with E-state index in [0.29, 0.717) is 5.69 Å². The van der Waals surface area contributed by atoms with Gasteiger partial charge in [0, 0.05) is 12.1 Å². The van der Waals surface area contributed by atoms with Crippen LogP contribution in [0.3, 0.4) is 0 Å². The van der Waals surface area contributed by atoms with Crippen LogP contribution in [0.25, 0.3) is 4.98 Å². The van der Waals surface area contributed by atoms with Gasteiger partial charge in [-0.25, -0.2) is 0 Å². The summed E-state index contributed by atoms with van der Waals surface area (Å²) in [5.41, 5.74) is 1.30. The van der Waals surface area contributed by atoms with Crippen LogP contribution in [0, 0.1) is 5.39 Å². The minimum atomic E-state index is -0.298. The molecule has 0 aliphatic heterocycles. The Hall–Kier alpha value is -1.89. The van der Waals surface area contributed by atoms with E-state index in [1.54, 1.807) is 31.2 Å². The molecule has 0 spiro atoms. The lowest BCUT2D eigenvalue weighted by Gasteiger charge is -2.07. The Morgan fingerprint density at radius 3 is 2.43 bits per heavy atom. The summed E-state index contributed by atoms with van der Waals surface area (Å²) >= 11 is 0. The van der Waals surface area contributed by atoms with Gasteiger partial charge in [0.15, 0.2) is 4.98 Å². The van der Waals surface area contributed by atoms with Crippen molar-refractivity contribution in [3.05, 3.63) is 34.8 Å². The molecular formula is C10H11N2O2+. The summed E-state index contributed by atoms with van der Waals surface area (Å²) in [7, 11) is 1.36. The lowest BCUT2D eigenvalue weighted by atomic mass is 10.0. The van der Waals surface area contributed by atoms with Gasteiger partial charge < -0.3 is 4.74 Å². The van der Waals surface area contributed by atoms with Crippen molar-refractivity contribution in [1.82, 2.24) is 0 Å². The Morgan fingerprint density at radius 2 is 2.00 bits per heavy atom. The van der Waals surface area contributed by atoms with Crippen molar-refractivity contribution in [2.75, 3.05) is 7.11 Å². The first-order chi connectivity index (χ1) is 6.69. The molecule has 0 aliphatic rings. The molecule has 1 rings (SSSR count). The maximum atomic E-state index is 11.2. The molecule has 0 heterocycles. The largest absolute Gasteiger partial charge is 0.469 e. The molecule has 0 amide bonds. The van der Waals surface area contributed by atoms with Crippen LogP contribution in [-0.4, -0.2) is 13.1 Å². The molecule has 4 heteroatoms. The standard InChI is InChI=1S/C10H11N2O2/c1-7(10(13)14-2)8-3-5-9(12-11)6-4-8/h3-7H,1-2H3/q+1. The SMILES string of the molecule is COC(=O)C(C)c1ccc([N+]#N)cc1. The summed E-state index contributed by atoms with van der Waals surface area (Å²) in [6, 6.07) is 6.73. The van der Waals surface area contributed by atoms with Gasteiger partial charge in [0.25, 0.3) is 0 Å². The van der Waals surface area contributed by atoms with Gasteiger partial charge in [-0.3, -0.25) is 4.79 Å². The van der Waals surface area contributed by atoms with E-state index < -0.39 is 0 Å². The number of carbonyl (C=O) groups is 1. The summed E-state index contributed by atoms with van der Waals surface area (Å²) in [5.74, 6) is -0.577. The van der Waals surface area contributed by atoms with Crippen LogP contribution in [0.2, 0.25) is 0 Å². The molecule has 1 unspecified atom stereocenters. The molecule has 4 nitrogen and oxygen atoms in total. The Balaban J connectivity index is 2.88. The Labute approximate surface area is 82.1 Å². The molecule has 0 bridgehead atoms. The third-order valence-electron chi connectivity index (χ3n) is 2.06. The van der Waals surface area contributed by atoms with Gasteiger partial charge in [0.05, 0.1) is 13.0 Å². The van der Waals surface area contributed by atoms with Crippen molar-refractivity contribution in [1.29, 1.82) is 5.39 Å². The molecule has 1 atom stereocenters. The van der Waals surface area contributed by atoms with Crippen LogP contribution in [0.5, 0.6) is 0 Å². The van der Waals surface area contributed by atoms with E-state index in [-0.39, 0.29) is 11.9 Å². The zero-order chi connectivity index (χ0) is 10.6. The van der Waals surface area contributed by atoms with Crippen LogP contribution in [0.1, 0.15) is 18.4 Å². The lowest BCUT2D eigenvalue weighted by molar-refractivity contribution is -0.141. The quantitative estimate of drug-likeness (QED) is 0.533. The van der Waals surface area contributed by atoms with E-state index in [9.17, 15) is 4.79 Å². The number of rotatable bonds is 2. The van der Waals surface area contributed by atoms with Crippen molar-refractivity contribution in [3.8, 4) is 0 Å². The summed E-state index contributed by atoms with van der Waals surface area (Å²) in [6.07, 6.45) is 0. The van der Waals surface area contributed by atoms with Gasteiger partial charge in [-0.1, -0.05) is 12.1 Å². The number of nitrogens with zero attached hydrogens (tertiary/aromatic N) is 2. The molecule has 0 fully saturated rings. The normalized spacial score (nSPS) is 11.5. The monoisotopic (exact) mass is 191 g/mol. The number of hydrogen-bond donors (Lipinski definition) is 0. The topological polar surface area (TPSA) is 54.5 Å². The number of benzene rings is 1. The van der Waals surface area contributed by atoms with Gasteiger partial charge in [-0.2, -0.15) is 0 Å². The van der Waals surface area contributed by atoms with Crippen molar-refractivity contribution < 1.29 is 9.53 Å². The Morgan fingerprint density at radius 1 is 1.43 bits per heavy atom. The maximum absolute atomic E-state index is 11.2. The van der Waals surface area contributed by atoms with Crippen molar-refractivity contribution >= 4 is 11.7 Å². The zero-order valence-corrected chi connectivity index (χ0v) is 8.10. The maximum Gasteiger partial charge on any atom is 0.385 e. The second-order valence-corrected chi connectivity index (χ2v) is 2.94. The number of esters is 1. The second kappa shape index (κ2) is 4.38. The number of hydrogen-bond acceptors (Lipinski definition) is 3. The molecule has 0 radical (unpaired) electrons. The van der Waals surface area contributed by atoms with Gasteiger partial charge >= 0.3 is 11.7 Å². The van der Waals surface area contributed by atoms with Gasteiger partial charge in [0.1, 0.15) is 0 Å². The molecule has 0 saturated carbocycles. The smallest absolute Gasteiger partial charge is 0.385 e. The van der Waals surface area contributed by atoms with Crippen LogP contribution in [0.4, 0.5) is 5.69 Å². The van der Waals surface area contributed by atoms with Crippen LogP contribution in [0.15, 0.2) is 24.3 Å². The molecular weight excluding hydrogens is 180 g/mol. The number of methoxy groups -OCH3 is 1. The third-order valence-corrected chi connectivity index (χ3v) is 2.06. The zero-order valence-electron chi connectivity index (χ0n) is 8.10. The van der Waals surface area contributed by atoms with E-state index >= 15 is 0 Å². The Kier molecular flexibility index (Phi) is 3.19. The lowest BCUT2D eigenvalue weighted by Crippen LogP contribution is -2.10. The summed E-state index contributed by atoms with van der Waals surface area (Å²) < 4.78 is 4.61. The minimum Gasteiger partial charge on any atom is -0.469 e. The van der Waals surface area contributed by atoms with Crippen molar-refractivity contribution in [2.24, 2.45) is 0 Å². The first kappa shape index (κ1) is 10.2. The predicted molar refractivity (Wildman–Crippen MR) is 51.6 cm³/mol. The molecule has 14 heavy (non-hydrogen) atoms. The highest BCUT2D eigenvalue weighted by atomic mass is 16.5. The molecule has 1 aromatic carbocycles. The summed E-state index contributed by atoms with van der Waals surface area (Å²) in [5, 5.41) is 8.46. The number of ether oxygens (including phenoxy) is 1. The minimum absolute atomic E-state index is 0.279. The highest BCUT2D eigenvalue weighted by molar-refractivity contribution is 5.77. The van der Waals surface area contributed by atoms with E-state index in [4.69, 9.17) is 5.39 Å². The van der Waals surface area contributed by atoms with Crippen molar-refractivity contribution in [2.45, 2.75) is 12.8 Å². The second-order valence-electron chi connectivity index (χ2n) is 2.94. The molecule has 0 saturated heterocycles. The van der Waals surface area contributed by atoms with Gasteiger partial charge in [0.2, 0.25) is 5.39 Å². The van der Waals surface area contributed by atoms with E-state index in [1.165, 1.54) is 7.11 Å².